The van der Waals surface area contributed by atoms with Gasteiger partial charge in [0.1, 0.15) is 16.7 Å². The van der Waals surface area contributed by atoms with E-state index < -0.39 is 0 Å². The van der Waals surface area contributed by atoms with Crippen LogP contribution in [-0.2, 0) is 0 Å². The number of nitrogens with one attached hydrogen (secondary N) is 1. The van der Waals surface area contributed by atoms with Crippen LogP contribution < -0.4 is 5.32 Å². The minimum atomic E-state index is -0.384. The standard InChI is InChI=1S/C13H14N4O2S/c1-8-12(14-3)15-9(2)16-13(8)20-11-7-5-4-6-10(11)17(18)19/h4-7H,1-3H3,(H,14,15,16). The van der Waals surface area contributed by atoms with Crippen LogP contribution in [0, 0.1) is 24.0 Å². The first-order chi connectivity index (χ1) is 9.52. The Balaban J connectivity index is 2.45. The topological polar surface area (TPSA) is 81.0 Å². The van der Waals surface area contributed by atoms with Gasteiger partial charge in [-0.2, -0.15) is 0 Å². The van der Waals surface area contributed by atoms with Gasteiger partial charge in [0, 0.05) is 18.7 Å². The Hall–Kier alpha value is -2.15. The quantitative estimate of drug-likeness (QED) is 0.529. The van der Waals surface area contributed by atoms with Gasteiger partial charge in [-0.3, -0.25) is 10.1 Å². The third kappa shape index (κ3) is 2.88. The van der Waals surface area contributed by atoms with Crippen molar-refractivity contribution < 1.29 is 4.92 Å². The van der Waals surface area contributed by atoms with Crippen LogP contribution in [0.1, 0.15) is 11.4 Å². The average molecular weight is 290 g/mol. The van der Waals surface area contributed by atoms with E-state index in [-0.39, 0.29) is 10.6 Å². The van der Waals surface area contributed by atoms with E-state index in [1.807, 2.05) is 6.92 Å². The molecule has 0 atom stereocenters. The predicted molar refractivity (Wildman–Crippen MR) is 78.3 cm³/mol. The zero-order valence-corrected chi connectivity index (χ0v) is 12.2. The van der Waals surface area contributed by atoms with Gasteiger partial charge in [0.15, 0.2) is 0 Å². The molecule has 1 heterocycles. The van der Waals surface area contributed by atoms with Gasteiger partial charge >= 0.3 is 0 Å². The molecule has 2 rings (SSSR count). The van der Waals surface area contributed by atoms with Crippen molar-refractivity contribution in [1.82, 2.24) is 9.97 Å². The lowest BCUT2D eigenvalue weighted by atomic mass is 10.3. The lowest BCUT2D eigenvalue weighted by Crippen LogP contribution is -2.02. The molecule has 0 aliphatic carbocycles. The Morgan fingerprint density at radius 3 is 2.60 bits per heavy atom. The molecule has 2 aromatic rings. The number of anilines is 1. The number of rotatable bonds is 4. The second kappa shape index (κ2) is 5.87. The highest BCUT2D eigenvalue weighted by Crippen LogP contribution is 2.36. The molecule has 1 aromatic heterocycles. The van der Waals surface area contributed by atoms with Crippen LogP contribution in [0.4, 0.5) is 11.5 Å². The van der Waals surface area contributed by atoms with Gasteiger partial charge in [-0.05, 0) is 19.9 Å². The molecule has 0 saturated carbocycles. The molecule has 0 aliphatic rings. The second-order valence-corrected chi connectivity index (χ2v) is 5.16. The molecule has 6 nitrogen and oxygen atoms in total. The summed E-state index contributed by atoms with van der Waals surface area (Å²) in [6.45, 7) is 3.69. The van der Waals surface area contributed by atoms with Crippen LogP contribution in [0.5, 0.6) is 0 Å². The van der Waals surface area contributed by atoms with Crippen LogP contribution in [0.25, 0.3) is 0 Å². The van der Waals surface area contributed by atoms with Crippen molar-refractivity contribution in [3.63, 3.8) is 0 Å². The number of hydrogen-bond donors (Lipinski definition) is 1. The summed E-state index contributed by atoms with van der Waals surface area (Å²) in [5.41, 5.74) is 0.959. The molecule has 0 amide bonds. The molecule has 104 valence electrons. The van der Waals surface area contributed by atoms with Crippen molar-refractivity contribution in [2.75, 3.05) is 12.4 Å². The lowest BCUT2D eigenvalue weighted by molar-refractivity contribution is -0.387. The first-order valence-corrected chi connectivity index (χ1v) is 6.79. The molecule has 0 radical (unpaired) electrons. The van der Waals surface area contributed by atoms with Crippen molar-refractivity contribution in [3.05, 3.63) is 45.8 Å². The van der Waals surface area contributed by atoms with E-state index in [9.17, 15) is 10.1 Å². The highest BCUT2D eigenvalue weighted by molar-refractivity contribution is 7.99. The fraction of sp³-hybridized carbons (Fsp3) is 0.231. The molecular formula is C13H14N4O2S. The van der Waals surface area contributed by atoms with Gasteiger partial charge in [-0.15, -0.1) is 0 Å². The monoisotopic (exact) mass is 290 g/mol. The molecule has 0 unspecified atom stereocenters. The van der Waals surface area contributed by atoms with Crippen molar-refractivity contribution in [2.45, 2.75) is 23.8 Å². The first-order valence-electron chi connectivity index (χ1n) is 5.97. The molecule has 20 heavy (non-hydrogen) atoms. The Morgan fingerprint density at radius 2 is 1.95 bits per heavy atom. The van der Waals surface area contributed by atoms with E-state index >= 15 is 0 Å². The first kappa shape index (κ1) is 14.3. The number of hydrogen-bond acceptors (Lipinski definition) is 6. The third-order valence-electron chi connectivity index (χ3n) is 2.72. The fourth-order valence-electron chi connectivity index (χ4n) is 1.74. The average Bonchev–Trinajstić information content (AvgIpc) is 2.42. The van der Waals surface area contributed by atoms with Gasteiger partial charge in [0.2, 0.25) is 0 Å². The smallest absolute Gasteiger partial charge is 0.283 e. The summed E-state index contributed by atoms with van der Waals surface area (Å²) in [6.07, 6.45) is 0. The van der Waals surface area contributed by atoms with E-state index in [4.69, 9.17) is 0 Å². The van der Waals surface area contributed by atoms with Gasteiger partial charge in [-0.1, -0.05) is 23.9 Å². The largest absolute Gasteiger partial charge is 0.373 e. The molecule has 0 fully saturated rings. The Labute approximate surface area is 120 Å². The van der Waals surface area contributed by atoms with E-state index in [2.05, 4.69) is 15.3 Å². The van der Waals surface area contributed by atoms with Gasteiger partial charge in [-0.25, -0.2) is 9.97 Å². The number of nitro groups is 1. The van der Waals surface area contributed by atoms with E-state index in [0.29, 0.717) is 10.7 Å². The molecule has 0 bridgehead atoms. The second-order valence-electron chi connectivity index (χ2n) is 4.13. The van der Waals surface area contributed by atoms with Crippen molar-refractivity contribution in [1.29, 1.82) is 0 Å². The summed E-state index contributed by atoms with van der Waals surface area (Å²) in [4.78, 5) is 19.9. The Morgan fingerprint density at radius 1 is 1.25 bits per heavy atom. The predicted octanol–water partition coefficient (Wildman–Crippen LogP) is 3.19. The SMILES string of the molecule is CNc1nc(C)nc(Sc2ccccc2[N+](=O)[O-])c1C. The number of nitrogens with zero attached hydrogens (tertiary/aromatic N) is 3. The maximum absolute atomic E-state index is 11.0. The molecule has 1 N–H and O–H groups in total. The van der Waals surface area contributed by atoms with E-state index in [0.717, 1.165) is 16.4 Å². The summed E-state index contributed by atoms with van der Waals surface area (Å²) in [5, 5.41) is 14.8. The van der Waals surface area contributed by atoms with Gasteiger partial charge in [0.05, 0.1) is 9.82 Å². The summed E-state index contributed by atoms with van der Waals surface area (Å²) in [5.74, 6) is 1.36. The minimum Gasteiger partial charge on any atom is -0.373 e. The van der Waals surface area contributed by atoms with E-state index in [1.165, 1.54) is 17.8 Å². The Bertz CT molecular complexity index is 661. The minimum absolute atomic E-state index is 0.0826. The van der Waals surface area contributed by atoms with Crippen LogP contribution in [0.3, 0.4) is 0 Å². The number of aryl methyl sites for hydroxylation is 1. The van der Waals surface area contributed by atoms with Crippen molar-refractivity contribution in [2.24, 2.45) is 0 Å². The van der Waals surface area contributed by atoms with Crippen molar-refractivity contribution in [3.8, 4) is 0 Å². The van der Waals surface area contributed by atoms with Crippen molar-refractivity contribution >= 4 is 23.3 Å². The molecular weight excluding hydrogens is 276 g/mol. The van der Waals surface area contributed by atoms with Crippen LogP contribution in [-0.4, -0.2) is 21.9 Å². The molecule has 0 aliphatic heterocycles. The maximum Gasteiger partial charge on any atom is 0.283 e. The number of aromatic nitrogens is 2. The third-order valence-corrected chi connectivity index (χ3v) is 3.87. The lowest BCUT2D eigenvalue weighted by Gasteiger charge is -2.10. The maximum atomic E-state index is 11.0. The number of nitro benzene ring substituents is 1. The van der Waals surface area contributed by atoms with Crippen LogP contribution in [0.2, 0.25) is 0 Å². The van der Waals surface area contributed by atoms with E-state index in [1.54, 1.807) is 32.2 Å². The number of benzene rings is 1. The van der Waals surface area contributed by atoms with Crippen LogP contribution >= 0.6 is 11.8 Å². The number of para-hydroxylation sites is 1. The summed E-state index contributed by atoms with van der Waals surface area (Å²) < 4.78 is 0. The summed E-state index contributed by atoms with van der Waals surface area (Å²) >= 11 is 1.28. The normalized spacial score (nSPS) is 10.3. The summed E-state index contributed by atoms with van der Waals surface area (Å²) in [7, 11) is 1.79. The summed E-state index contributed by atoms with van der Waals surface area (Å²) in [6, 6.07) is 6.64. The van der Waals surface area contributed by atoms with Gasteiger partial charge < -0.3 is 5.32 Å². The highest BCUT2D eigenvalue weighted by Gasteiger charge is 2.17. The fourth-order valence-corrected chi connectivity index (χ4v) is 2.77. The van der Waals surface area contributed by atoms with Gasteiger partial charge in [0.25, 0.3) is 5.69 Å². The highest BCUT2D eigenvalue weighted by atomic mass is 32.2. The Kier molecular flexibility index (Phi) is 4.19. The molecule has 0 saturated heterocycles. The molecule has 1 aromatic carbocycles. The zero-order chi connectivity index (χ0) is 14.7. The zero-order valence-electron chi connectivity index (χ0n) is 11.4. The van der Waals surface area contributed by atoms with Crippen LogP contribution in [0.15, 0.2) is 34.2 Å². The molecule has 7 heteroatoms. The molecule has 0 spiro atoms.